The molecular formula is C14H17NO4. The first-order valence-corrected chi connectivity index (χ1v) is 6.05. The third-order valence-corrected chi connectivity index (χ3v) is 3.03. The van der Waals surface area contributed by atoms with Gasteiger partial charge >= 0.3 is 0 Å². The highest BCUT2D eigenvalue weighted by molar-refractivity contribution is 5.61. The van der Waals surface area contributed by atoms with Crippen LogP contribution < -0.4 is 9.47 Å². The Morgan fingerprint density at radius 3 is 2.79 bits per heavy atom. The van der Waals surface area contributed by atoms with Crippen molar-refractivity contribution in [3.05, 3.63) is 39.1 Å². The predicted molar refractivity (Wildman–Crippen MR) is 72.1 cm³/mol. The molecule has 2 rings (SSSR count). The van der Waals surface area contributed by atoms with Gasteiger partial charge in [0, 0.05) is 25.0 Å². The number of methoxy groups -OCH3 is 1. The lowest BCUT2D eigenvalue weighted by molar-refractivity contribution is -0.422. The third kappa shape index (κ3) is 2.70. The van der Waals surface area contributed by atoms with Crippen molar-refractivity contribution in [1.82, 2.24) is 0 Å². The first-order chi connectivity index (χ1) is 8.82. The number of rotatable bonds is 3. The number of ether oxygens (including phenoxy) is 2. The van der Waals surface area contributed by atoms with Crippen molar-refractivity contribution in [3.8, 4) is 11.5 Å². The van der Waals surface area contributed by atoms with E-state index in [1.165, 1.54) is 13.0 Å². The van der Waals surface area contributed by atoms with E-state index in [4.69, 9.17) is 9.47 Å². The van der Waals surface area contributed by atoms with Crippen LogP contribution in [0.4, 0.5) is 0 Å². The Hall–Kier alpha value is -2.04. The number of nitrogens with zero attached hydrogens (tertiary/aromatic N) is 1. The molecular weight excluding hydrogens is 246 g/mol. The molecule has 0 spiro atoms. The number of benzene rings is 1. The molecule has 0 fully saturated rings. The molecule has 0 aliphatic carbocycles. The summed E-state index contributed by atoms with van der Waals surface area (Å²) in [5.74, 6) is 1.36. The normalized spacial score (nSPS) is 16.7. The van der Waals surface area contributed by atoms with E-state index in [-0.39, 0.29) is 11.3 Å². The van der Waals surface area contributed by atoms with Crippen molar-refractivity contribution < 1.29 is 14.4 Å². The number of hydrogen-bond donors (Lipinski definition) is 0. The summed E-state index contributed by atoms with van der Waals surface area (Å²) in [6.07, 6.45) is 2.30. The molecule has 1 aliphatic heterocycles. The second-order valence-electron chi connectivity index (χ2n) is 5.29. The summed E-state index contributed by atoms with van der Waals surface area (Å²) in [4.78, 5) is 10.3. The average Bonchev–Trinajstić information content (AvgIpc) is 2.61. The van der Waals surface area contributed by atoms with Gasteiger partial charge in [0.15, 0.2) is 11.5 Å². The van der Waals surface area contributed by atoms with Crippen molar-refractivity contribution in [3.63, 3.8) is 0 Å². The van der Waals surface area contributed by atoms with Gasteiger partial charge in [-0.15, -0.1) is 0 Å². The Bertz CT molecular complexity index is 561. The highest BCUT2D eigenvalue weighted by Gasteiger charge is 2.32. The smallest absolute Gasteiger partial charge is 0.243 e. The Morgan fingerprint density at radius 1 is 1.53 bits per heavy atom. The molecule has 1 heterocycles. The minimum Gasteiger partial charge on any atom is -0.493 e. The van der Waals surface area contributed by atoms with Crippen LogP contribution in [0.3, 0.4) is 0 Å². The fraction of sp³-hybridized carbons (Fsp3) is 0.429. The van der Waals surface area contributed by atoms with Crippen LogP contribution in [-0.4, -0.2) is 17.6 Å². The van der Waals surface area contributed by atoms with Gasteiger partial charge in [0.05, 0.1) is 12.0 Å². The zero-order valence-corrected chi connectivity index (χ0v) is 11.5. The van der Waals surface area contributed by atoms with Crippen LogP contribution in [0.2, 0.25) is 0 Å². The largest absolute Gasteiger partial charge is 0.493 e. The summed E-state index contributed by atoms with van der Waals surface area (Å²) >= 11 is 0. The van der Waals surface area contributed by atoms with E-state index in [2.05, 4.69) is 0 Å². The summed E-state index contributed by atoms with van der Waals surface area (Å²) in [7, 11) is 1.57. The lowest BCUT2D eigenvalue weighted by Gasteiger charge is -2.17. The van der Waals surface area contributed by atoms with Crippen molar-refractivity contribution in [2.24, 2.45) is 0 Å². The van der Waals surface area contributed by atoms with Crippen LogP contribution >= 0.6 is 0 Å². The standard InChI is InChI=1S/C14H17NO4/c1-9(15(16)17)5-10-6-11-8-14(2,3)19-13(11)12(7-10)18-4/h5-7H,8H2,1-4H3/b9-5+. The molecule has 1 aromatic rings. The monoisotopic (exact) mass is 263 g/mol. The van der Waals surface area contributed by atoms with E-state index >= 15 is 0 Å². The summed E-state index contributed by atoms with van der Waals surface area (Å²) in [5, 5.41) is 10.7. The lowest BCUT2D eigenvalue weighted by Crippen LogP contribution is -2.24. The molecule has 0 amide bonds. The van der Waals surface area contributed by atoms with Crippen molar-refractivity contribution >= 4 is 6.08 Å². The van der Waals surface area contributed by atoms with Crippen molar-refractivity contribution in [2.75, 3.05) is 7.11 Å². The second-order valence-corrected chi connectivity index (χ2v) is 5.29. The maximum atomic E-state index is 10.7. The summed E-state index contributed by atoms with van der Waals surface area (Å²) in [6, 6.07) is 3.67. The number of fused-ring (bicyclic) bond motifs is 1. The summed E-state index contributed by atoms with van der Waals surface area (Å²) in [6.45, 7) is 5.48. The highest BCUT2D eigenvalue weighted by Crippen LogP contribution is 2.42. The van der Waals surface area contributed by atoms with E-state index in [0.29, 0.717) is 5.75 Å². The SMILES string of the molecule is COc1cc(/C=C(\C)[N+](=O)[O-])cc2c1OC(C)(C)C2. The van der Waals surface area contributed by atoms with E-state index < -0.39 is 4.92 Å². The molecule has 0 N–H and O–H groups in total. The Balaban J connectivity index is 2.46. The first kappa shape index (κ1) is 13.4. The third-order valence-electron chi connectivity index (χ3n) is 3.03. The van der Waals surface area contributed by atoms with Gasteiger partial charge in [-0.3, -0.25) is 10.1 Å². The van der Waals surface area contributed by atoms with Crippen LogP contribution in [0.25, 0.3) is 6.08 Å². The van der Waals surface area contributed by atoms with E-state index in [9.17, 15) is 10.1 Å². The van der Waals surface area contributed by atoms with Crippen LogP contribution in [-0.2, 0) is 6.42 Å². The van der Waals surface area contributed by atoms with Crippen LogP contribution in [0, 0.1) is 10.1 Å². The predicted octanol–water partition coefficient (Wildman–Crippen LogP) is 3.05. The number of allylic oxidation sites excluding steroid dienone is 1. The molecule has 19 heavy (non-hydrogen) atoms. The quantitative estimate of drug-likeness (QED) is 0.621. The molecule has 0 saturated heterocycles. The van der Waals surface area contributed by atoms with E-state index in [0.717, 1.165) is 23.3 Å². The van der Waals surface area contributed by atoms with Crippen molar-refractivity contribution in [1.29, 1.82) is 0 Å². The van der Waals surface area contributed by atoms with Gasteiger partial charge in [-0.25, -0.2) is 0 Å². The zero-order chi connectivity index (χ0) is 14.2. The Kier molecular flexibility index (Phi) is 3.22. The molecule has 1 aliphatic rings. The minimum atomic E-state index is -0.403. The van der Waals surface area contributed by atoms with Crippen LogP contribution in [0.1, 0.15) is 31.9 Å². The van der Waals surface area contributed by atoms with Gasteiger partial charge in [-0.1, -0.05) is 0 Å². The summed E-state index contributed by atoms with van der Waals surface area (Å²) < 4.78 is 11.2. The Morgan fingerprint density at radius 2 is 2.21 bits per heavy atom. The highest BCUT2D eigenvalue weighted by atomic mass is 16.6. The molecule has 5 nitrogen and oxygen atoms in total. The fourth-order valence-electron chi connectivity index (χ4n) is 2.23. The minimum absolute atomic E-state index is 0.0974. The molecule has 0 saturated carbocycles. The topological polar surface area (TPSA) is 61.6 Å². The zero-order valence-electron chi connectivity index (χ0n) is 11.5. The van der Waals surface area contributed by atoms with E-state index in [1.54, 1.807) is 13.2 Å². The molecule has 0 unspecified atom stereocenters. The number of hydrogen-bond acceptors (Lipinski definition) is 4. The number of nitro groups is 1. The summed E-state index contributed by atoms with van der Waals surface area (Å²) in [5.41, 5.74) is 1.61. The average molecular weight is 263 g/mol. The molecule has 102 valence electrons. The van der Waals surface area contributed by atoms with Gasteiger partial charge in [0.25, 0.3) is 0 Å². The molecule has 0 atom stereocenters. The maximum Gasteiger partial charge on any atom is 0.243 e. The second kappa shape index (κ2) is 4.57. The molecule has 0 aromatic heterocycles. The van der Waals surface area contributed by atoms with Crippen LogP contribution in [0.15, 0.2) is 17.8 Å². The fourth-order valence-corrected chi connectivity index (χ4v) is 2.23. The maximum absolute atomic E-state index is 10.7. The van der Waals surface area contributed by atoms with Crippen LogP contribution in [0.5, 0.6) is 11.5 Å². The first-order valence-electron chi connectivity index (χ1n) is 6.05. The Labute approximate surface area is 112 Å². The van der Waals surface area contributed by atoms with Crippen molar-refractivity contribution in [2.45, 2.75) is 32.8 Å². The van der Waals surface area contributed by atoms with Gasteiger partial charge in [0.1, 0.15) is 5.60 Å². The molecule has 0 radical (unpaired) electrons. The van der Waals surface area contributed by atoms with E-state index in [1.807, 2.05) is 19.9 Å². The van der Waals surface area contributed by atoms with Gasteiger partial charge in [0.2, 0.25) is 5.70 Å². The molecule has 1 aromatic carbocycles. The van der Waals surface area contributed by atoms with Gasteiger partial charge < -0.3 is 9.47 Å². The molecule has 0 bridgehead atoms. The molecule has 5 heteroatoms. The van der Waals surface area contributed by atoms with Gasteiger partial charge in [-0.05, 0) is 31.5 Å². The lowest BCUT2D eigenvalue weighted by atomic mass is 9.99. The van der Waals surface area contributed by atoms with Gasteiger partial charge in [-0.2, -0.15) is 0 Å².